The summed E-state index contributed by atoms with van der Waals surface area (Å²) in [4.78, 5) is 7.04. The molecule has 0 radical (unpaired) electrons. The number of nitrogens with one attached hydrogen (secondary N) is 2. The highest BCUT2D eigenvalue weighted by Crippen LogP contribution is 2.19. The molecule has 0 saturated carbocycles. The first-order valence-corrected chi connectivity index (χ1v) is 4.41. The lowest BCUT2D eigenvalue weighted by Crippen LogP contribution is -1.96. The Morgan fingerprint density at radius 2 is 2.19 bits per heavy atom. The standard InChI is InChI=1S/C10H6N6/c11-4-7(5-12)15-16-9-3-1-2-8-10(9)14-6-13-8/h1-3,6,16H,(H,13,14). The minimum Gasteiger partial charge on any atom is -0.345 e. The second kappa shape index (κ2) is 4.11. The first kappa shape index (κ1) is 9.69. The summed E-state index contributed by atoms with van der Waals surface area (Å²) >= 11 is 0. The van der Waals surface area contributed by atoms with Crippen molar-refractivity contribution in [2.45, 2.75) is 0 Å². The van der Waals surface area contributed by atoms with E-state index < -0.39 is 0 Å². The molecule has 1 heterocycles. The Kier molecular flexibility index (Phi) is 2.49. The molecule has 2 N–H and O–H groups in total. The molecule has 76 valence electrons. The number of nitrogens with zero attached hydrogens (tertiary/aromatic N) is 4. The molecule has 2 aromatic rings. The summed E-state index contributed by atoms with van der Waals surface area (Å²) in [6.07, 6.45) is 1.56. The fourth-order valence-electron chi connectivity index (χ4n) is 1.25. The summed E-state index contributed by atoms with van der Waals surface area (Å²) in [7, 11) is 0. The van der Waals surface area contributed by atoms with Crippen LogP contribution < -0.4 is 5.43 Å². The van der Waals surface area contributed by atoms with Crippen molar-refractivity contribution in [3.63, 3.8) is 0 Å². The second-order valence-electron chi connectivity index (χ2n) is 2.90. The van der Waals surface area contributed by atoms with Gasteiger partial charge in [0.15, 0.2) is 0 Å². The Balaban J connectivity index is 2.36. The van der Waals surface area contributed by atoms with Crippen molar-refractivity contribution < 1.29 is 0 Å². The third-order valence-electron chi connectivity index (χ3n) is 1.95. The van der Waals surface area contributed by atoms with Gasteiger partial charge in [0.2, 0.25) is 5.71 Å². The Hall–Kier alpha value is -2.86. The number of hydrazone groups is 1. The molecule has 1 aromatic carbocycles. The highest BCUT2D eigenvalue weighted by molar-refractivity contribution is 6.10. The van der Waals surface area contributed by atoms with Gasteiger partial charge in [-0.25, -0.2) is 4.98 Å². The predicted octanol–water partition coefficient (Wildman–Crippen LogP) is 1.38. The van der Waals surface area contributed by atoms with E-state index in [-0.39, 0.29) is 5.71 Å². The third-order valence-corrected chi connectivity index (χ3v) is 1.95. The van der Waals surface area contributed by atoms with E-state index in [0.29, 0.717) is 11.2 Å². The number of aromatic amines is 1. The van der Waals surface area contributed by atoms with E-state index in [9.17, 15) is 0 Å². The van der Waals surface area contributed by atoms with Gasteiger partial charge in [-0.1, -0.05) is 6.07 Å². The number of nitriles is 2. The highest BCUT2D eigenvalue weighted by atomic mass is 15.3. The molecule has 1 aromatic heterocycles. The number of H-pyrrole nitrogens is 1. The normalized spacial score (nSPS) is 9.12. The number of hydrogen-bond donors (Lipinski definition) is 2. The van der Waals surface area contributed by atoms with Gasteiger partial charge in [-0.3, -0.25) is 5.43 Å². The van der Waals surface area contributed by atoms with Crippen molar-refractivity contribution in [1.82, 2.24) is 9.97 Å². The molecular formula is C10H6N6. The van der Waals surface area contributed by atoms with Crippen LogP contribution in [0.15, 0.2) is 29.6 Å². The van der Waals surface area contributed by atoms with E-state index in [2.05, 4.69) is 20.5 Å². The summed E-state index contributed by atoms with van der Waals surface area (Å²) in [5.74, 6) is 0. The lowest BCUT2D eigenvalue weighted by atomic mass is 10.3. The van der Waals surface area contributed by atoms with Gasteiger partial charge in [0.1, 0.15) is 17.7 Å². The van der Waals surface area contributed by atoms with Gasteiger partial charge in [0, 0.05) is 0 Å². The van der Waals surface area contributed by atoms with Gasteiger partial charge in [0.05, 0.1) is 17.5 Å². The Bertz CT molecular complexity index is 609. The SMILES string of the molecule is N#CC(C#N)=NNc1cccc2[nH]cnc12. The zero-order chi connectivity index (χ0) is 11.4. The summed E-state index contributed by atoms with van der Waals surface area (Å²) in [6, 6.07) is 8.77. The average molecular weight is 210 g/mol. The monoisotopic (exact) mass is 210 g/mol. The van der Waals surface area contributed by atoms with E-state index >= 15 is 0 Å². The van der Waals surface area contributed by atoms with Crippen LogP contribution in [0.4, 0.5) is 5.69 Å². The molecule has 0 aliphatic carbocycles. The van der Waals surface area contributed by atoms with Gasteiger partial charge in [-0.2, -0.15) is 15.6 Å². The van der Waals surface area contributed by atoms with Gasteiger partial charge in [-0.05, 0) is 12.1 Å². The number of para-hydroxylation sites is 1. The predicted molar refractivity (Wildman–Crippen MR) is 58.4 cm³/mol. The van der Waals surface area contributed by atoms with Crippen LogP contribution in [-0.2, 0) is 0 Å². The van der Waals surface area contributed by atoms with Crippen molar-refractivity contribution >= 4 is 22.4 Å². The van der Waals surface area contributed by atoms with Crippen LogP contribution in [-0.4, -0.2) is 15.7 Å². The zero-order valence-electron chi connectivity index (χ0n) is 8.10. The molecule has 0 aliphatic rings. The quantitative estimate of drug-likeness (QED) is 0.577. The lowest BCUT2D eigenvalue weighted by Gasteiger charge is -1.99. The first-order valence-electron chi connectivity index (χ1n) is 4.41. The Morgan fingerprint density at radius 3 is 2.94 bits per heavy atom. The number of imidazole rings is 1. The van der Waals surface area contributed by atoms with Crippen molar-refractivity contribution in [3.8, 4) is 12.1 Å². The van der Waals surface area contributed by atoms with Crippen LogP contribution in [0.1, 0.15) is 0 Å². The van der Waals surface area contributed by atoms with Gasteiger partial charge in [-0.15, -0.1) is 0 Å². The fraction of sp³-hybridized carbons (Fsp3) is 0. The van der Waals surface area contributed by atoms with Crippen LogP contribution in [0.3, 0.4) is 0 Å². The first-order chi connectivity index (χ1) is 7.85. The van der Waals surface area contributed by atoms with Crippen molar-refractivity contribution in [2.75, 3.05) is 5.43 Å². The van der Waals surface area contributed by atoms with Crippen LogP contribution >= 0.6 is 0 Å². The van der Waals surface area contributed by atoms with Crippen molar-refractivity contribution in [3.05, 3.63) is 24.5 Å². The molecule has 0 aliphatic heterocycles. The molecule has 0 bridgehead atoms. The minimum atomic E-state index is -0.229. The van der Waals surface area contributed by atoms with E-state index in [4.69, 9.17) is 10.5 Å². The van der Waals surface area contributed by atoms with Gasteiger partial charge in [0.25, 0.3) is 0 Å². The van der Waals surface area contributed by atoms with E-state index in [1.54, 1.807) is 24.5 Å². The molecule has 6 nitrogen and oxygen atoms in total. The largest absolute Gasteiger partial charge is 0.345 e. The third kappa shape index (κ3) is 1.68. The number of anilines is 1. The Labute approximate surface area is 90.8 Å². The summed E-state index contributed by atoms with van der Waals surface area (Å²) < 4.78 is 0. The Morgan fingerprint density at radius 1 is 1.38 bits per heavy atom. The fourth-order valence-corrected chi connectivity index (χ4v) is 1.25. The van der Waals surface area contributed by atoms with Crippen LogP contribution in [0.25, 0.3) is 11.0 Å². The molecule has 0 spiro atoms. The number of aromatic nitrogens is 2. The molecule has 0 atom stereocenters. The highest BCUT2D eigenvalue weighted by Gasteiger charge is 2.02. The number of fused-ring (bicyclic) bond motifs is 1. The topological polar surface area (TPSA) is 101 Å². The van der Waals surface area contributed by atoms with Crippen LogP contribution in [0.2, 0.25) is 0 Å². The molecule has 0 saturated heterocycles. The number of hydrogen-bond acceptors (Lipinski definition) is 5. The molecular weight excluding hydrogens is 204 g/mol. The van der Waals surface area contributed by atoms with Crippen LogP contribution in [0.5, 0.6) is 0 Å². The molecule has 6 heteroatoms. The lowest BCUT2D eigenvalue weighted by molar-refractivity contribution is 1.32. The maximum Gasteiger partial charge on any atom is 0.237 e. The molecule has 0 unspecified atom stereocenters. The van der Waals surface area contributed by atoms with E-state index in [1.165, 1.54) is 0 Å². The van der Waals surface area contributed by atoms with Gasteiger partial charge >= 0.3 is 0 Å². The van der Waals surface area contributed by atoms with Crippen molar-refractivity contribution in [1.29, 1.82) is 10.5 Å². The zero-order valence-corrected chi connectivity index (χ0v) is 8.10. The van der Waals surface area contributed by atoms with Crippen LogP contribution in [0, 0.1) is 22.7 Å². The summed E-state index contributed by atoms with van der Waals surface area (Å²) in [6.45, 7) is 0. The van der Waals surface area contributed by atoms with E-state index in [0.717, 1.165) is 5.52 Å². The maximum atomic E-state index is 8.51. The number of rotatable bonds is 2. The molecule has 2 rings (SSSR count). The summed E-state index contributed by atoms with van der Waals surface area (Å²) in [5.41, 5.74) is 4.61. The summed E-state index contributed by atoms with van der Waals surface area (Å²) in [5, 5.41) is 20.7. The average Bonchev–Trinajstić information content (AvgIpc) is 2.79. The minimum absolute atomic E-state index is 0.229. The molecule has 0 amide bonds. The molecule has 0 fully saturated rings. The van der Waals surface area contributed by atoms with Gasteiger partial charge < -0.3 is 4.98 Å². The van der Waals surface area contributed by atoms with Crippen molar-refractivity contribution in [2.24, 2.45) is 5.10 Å². The number of benzene rings is 1. The maximum absolute atomic E-state index is 8.51. The van der Waals surface area contributed by atoms with E-state index in [1.807, 2.05) is 12.1 Å². The molecule has 16 heavy (non-hydrogen) atoms. The second-order valence-corrected chi connectivity index (χ2v) is 2.90. The smallest absolute Gasteiger partial charge is 0.237 e.